The Morgan fingerprint density at radius 2 is 1.71 bits per heavy atom. The topological polar surface area (TPSA) is 0 Å². The Kier molecular flexibility index (Phi) is 14.2. The molecule has 0 fully saturated rings. The van der Waals surface area contributed by atoms with Crippen LogP contribution in [0.1, 0.15) is 53.4 Å². The van der Waals surface area contributed by atoms with E-state index in [4.69, 9.17) is 0 Å². The van der Waals surface area contributed by atoms with Crippen molar-refractivity contribution in [1.82, 2.24) is 0 Å². The average molecular weight is 196 g/mol. The van der Waals surface area contributed by atoms with Crippen LogP contribution < -0.4 is 0 Å². The first-order chi connectivity index (χ1) is 6.62. The van der Waals surface area contributed by atoms with E-state index in [1.54, 1.807) is 0 Å². The highest BCUT2D eigenvalue weighted by molar-refractivity contribution is 4.73. The predicted molar refractivity (Wildman–Crippen MR) is 68.5 cm³/mol. The second-order valence-corrected chi connectivity index (χ2v) is 4.04. The van der Waals surface area contributed by atoms with E-state index >= 15 is 0 Å². The van der Waals surface area contributed by atoms with Crippen LogP contribution in [-0.4, -0.2) is 0 Å². The Balaban J connectivity index is 0. The fourth-order valence-electron chi connectivity index (χ4n) is 1.02. The van der Waals surface area contributed by atoms with Crippen molar-refractivity contribution in [1.29, 1.82) is 0 Å². The van der Waals surface area contributed by atoms with Gasteiger partial charge < -0.3 is 0 Å². The third-order valence-electron chi connectivity index (χ3n) is 2.41. The van der Waals surface area contributed by atoms with E-state index in [0.29, 0.717) is 5.92 Å². The maximum absolute atomic E-state index is 3.68. The molecule has 0 aromatic rings. The van der Waals surface area contributed by atoms with Crippen molar-refractivity contribution < 1.29 is 0 Å². The standard InChI is InChI=1S/2C7H14/c2*1-4-6-7(3)5-2/h5,7H,2,4,6H2,1,3H3;4,7H,1,5-6H2,2-3H3. The zero-order valence-corrected chi connectivity index (χ0v) is 10.6. The van der Waals surface area contributed by atoms with Crippen LogP contribution in [-0.2, 0) is 0 Å². The lowest BCUT2D eigenvalue weighted by Crippen LogP contribution is -1.86. The largest absolute Gasteiger partial charge is 0.103 e. The molecule has 0 saturated heterocycles. The first kappa shape index (κ1) is 15.9. The minimum atomic E-state index is 0.713. The first-order valence-corrected chi connectivity index (χ1v) is 5.85. The van der Waals surface area contributed by atoms with Gasteiger partial charge in [0.1, 0.15) is 0 Å². The van der Waals surface area contributed by atoms with Gasteiger partial charge in [-0.2, -0.15) is 0 Å². The van der Waals surface area contributed by atoms with Crippen LogP contribution >= 0.6 is 0 Å². The lowest BCUT2D eigenvalue weighted by molar-refractivity contribution is 0.572. The van der Waals surface area contributed by atoms with Gasteiger partial charge in [0.2, 0.25) is 0 Å². The quantitative estimate of drug-likeness (QED) is 0.511. The molecule has 84 valence electrons. The summed E-state index contributed by atoms with van der Waals surface area (Å²) in [6.07, 6.45) is 8.97. The van der Waals surface area contributed by atoms with Crippen LogP contribution in [0.4, 0.5) is 0 Å². The predicted octanol–water partition coefficient (Wildman–Crippen LogP) is 5.22. The van der Waals surface area contributed by atoms with Crippen molar-refractivity contribution in [2.75, 3.05) is 0 Å². The van der Waals surface area contributed by atoms with Crippen molar-refractivity contribution in [2.24, 2.45) is 11.8 Å². The molecule has 0 spiro atoms. The molecular weight excluding hydrogens is 168 g/mol. The van der Waals surface area contributed by atoms with E-state index in [9.17, 15) is 0 Å². The minimum Gasteiger partial charge on any atom is -0.103 e. The Morgan fingerprint density at radius 1 is 1.14 bits per heavy atom. The molecule has 0 saturated carbocycles. The smallest absolute Gasteiger partial charge is 0.0265 e. The van der Waals surface area contributed by atoms with Crippen molar-refractivity contribution >= 4 is 0 Å². The normalized spacial score (nSPS) is 13.4. The van der Waals surface area contributed by atoms with E-state index in [0.717, 1.165) is 12.3 Å². The third kappa shape index (κ3) is 14.0. The molecule has 0 aromatic carbocycles. The summed E-state index contributed by atoms with van der Waals surface area (Å²) >= 11 is 0. The van der Waals surface area contributed by atoms with E-state index < -0.39 is 0 Å². The van der Waals surface area contributed by atoms with Gasteiger partial charge in [-0.15, -0.1) is 13.2 Å². The fraction of sp³-hybridized carbons (Fsp3) is 0.714. The Labute approximate surface area is 91.1 Å². The Bertz CT molecular complexity index is 124. The maximum Gasteiger partial charge on any atom is -0.0265 e. The fourth-order valence-corrected chi connectivity index (χ4v) is 1.02. The van der Waals surface area contributed by atoms with E-state index in [-0.39, 0.29) is 0 Å². The third-order valence-corrected chi connectivity index (χ3v) is 2.41. The van der Waals surface area contributed by atoms with Crippen LogP contribution in [0, 0.1) is 11.8 Å². The van der Waals surface area contributed by atoms with Crippen LogP contribution in [0.15, 0.2) is 25.3 Å². The van der Waals surface area contributed by atoms with Crippen LogP contribution in [0.2, 0.25) is 0 Å². The van der Waals surface area contributed by atoms with Gasteiger partial charge in [0, 0.05) is 0 Å². The van der Waals surface area contributed by atoms with Crippen molar-refractivity contribution in [3.8, 4) is 0 Å². The highest BCUT2D eigenvalue weighted by Gasteiger charge is 1.90. The summed E-state index contributed by atoms with van der Waals surface area (Å²) in [6, 6.07) is 0. The molecule has 0 bridgehead atoms. The average Bonchev–Trinajstić information content (AvgIpc) is 2.19. The Morgan fingerprint density at radius 3 is 1.86 bits per heavy atom. The minimum absolute atomic E-state index is 0.713. The van der Waals surface area contributed by atoms with Gasteiger partial charge in [-0.1, -0.05) is 52.7 Å². The highest BCUT2D eigenvalue weighted by Crippen LogP contribution is 2.05. The Hall–Kier alpha value is -0.520. The molecule has 0 heterocycles. The highest BCUT2D eigenvalue weighted by atomic mass is 14.0. The van der Waals surface area contributed by atoms with Crippen LogP contribution in [0.25, 0.3) is 0 Å². The van der Waals surface area contributed by atoms with E-state index in [1.807, 2.05) is 12.2 Å². The molecule has 0 aliphatic rings. The molecule has 0 amide bonds. The summed E-state index contributed by atoms with van der Waals surface area (Å²) in [5, 5.41) is 0. The maximum atomic E-state index is 3.68. The lowest BCUT2D eigenvalue weighted by Gasteiger charge is -2.00. The second kappa shape index (κ2) is 12.5. The molecule has 2 atom stereocenters. The van der Waals surface area contributed by atoms with Gasteiger partial charge in [0.25, 0.3) is 0 Å². The van der Waals surface area contributed by atoms with E-state index in [2.05, 4.69) is 40.9 Å². The molecule has 0 aliphatic carbocycles. The monoisotopic (exact) mass is 196 g/mol. The summed E-state index contributed by atoms with van der Waals surface area (Å²) in [5.74, 6) is 1.54. The summed E-state index contributed by atoms with van der Waals surface area (Å²) < 4.78 is 0. The van der Waals surface area contributed by atoms with Gasteiger partial charge in [-0.05, 0) is 24.7 Å². The zero-order chi connectivity index (χ0) is 11.4. The molecule has 0 N–H and O–H groups in total. The molecule has 2 unspecified atom stereocenters. The molecule has 0 heteroatoms. The van der Waals surface area contributed by atoms with Crippen molar-refractivity contribution in [3.63, 3.8) is 0 Å². The first-order valence-electron chi connectivity index (χ1n) is 5.85. The molecule has 0 aliphatic heterocycles. The van der Waals surface area contributed by atoms with Crippen LogP contribution in [0.3, 0.4) is 0 Å². The molecular formula is C14H28. The molecule has 0 rings (SSSR count). The summed E-state index contributed by atoms with van der Waals surface area (Å²) in [7, 11) is 0. The number of rotatable bonds is 6. The molecule has 0 nitrogen and oxygen atoms in total. The number of hydrogen-bond acceptors (Lipinski definition) is 0. The van der Waals surface area contributed by atoms with Gasteiger partial charge >= 0.3 is 0 Å². The number of hydrogen-bond donors (Lipinski definition) is 0. The van der Waals surface area contributed by atoms with E-state index in [1.165, 1.54) is 19.3 Å². The van der Waals surface area contributed by atoms with Gasteiger partial charge in [-0.3, -0.25) is 0 Å². The summed E-state index contributed by atoms with van der Waals surface area (Å²) in [5.41, 5.74) is 0. The van der Waals surface area contributed by atoms with Gasteiger partial charge in [0.05, 0.1) is 0 Å². The second-order valence-electron chi connectivity index (χ2n) is 4.04. The van der Waals surface area contributed by atoms with Gasteiger partial charge in [-0.25, -0.2) is 0 Å². The molecule has 0 aromatic heterocycles. The van der Waals surface area contributed by atoms with Gasteiger partial charge in [0.15, 0.2) is 0 Å². The van der Waals surface area contributed by atoms with Crippen molar-refractivity contribution in [2.45, 2.75) is 53.4 Å². The SMILES string of the molecule is C=CC(C)CCC.C=CCC(C)CC. The summed E-state index contributed by atoms with van der Waals surface area (Å²) in [6.45, 7) is 16.2. The summed E-state index contributed by atoms with van der Waals surface area (Å²) in [4.78, 5) is 0. The molecule has 14 heavy (non-hydrogen) atoms. The van der Waals surface area contributed by atoms with Crippen molar-refractivity contribution in [3.05, 3.63) is 25.3 Å². The molecule has 0 radical (unpaired) electrons. The lowest BCUT2D eigenvalue weighted by atomic mass is 10.1. The van der Waals surface area contributed by atoms with Crippen LogP contribution in [0.5, 0.6) is 0 Å². The number of allylic oxidation sites excluding steroid dienone is 2. The zero-order valence-electron chi connectivity index (χ0n) is 10.6.